The van der Waals surface area contributed by atoms with Crippen molar-refractivity contribution in [3.8, 4) is 0 Å². The fourth-order valence-corrected chi connectivity index (χ4v) is 2.59. The summed E-state index contributed by atoms with van der Waals surface area (Å²) in [5.41, 5.74) is 6.87. The lowest BCUT2D eigenvalue weighted by Gasteiger charge is -2.29. The van der Waals surface area contributed by atoms with E-state index in [4.69, 9.17) is 5.73 Å². The van der Waals surface area contributed by atoms with Crippen molar-refractivity contribution < 1.29 is 4.79 Å². The molecule has 1 aromatic heterocycles. The van der Waals surface area contributed by atoms with Crippen molar-refractivity contribution in [1.82, 2.24) is 4.90 Å². The molecule has 0 aliphatic carbocycles. The van der Waals surface area contributed by atoms with Gasteiger partial charge in [-0.05, 0) is 38.4 Å². The highest BCUT2D eigenvalue weighted by molar-refractivity contribution is 9.11. The molecular formula is C12H19BrN2OS. The van der Waals surface area contributed by atoms with E-state index in [0.29, 0.717) is 6.54 Å². The van der Waals surface area contributed by atoms with Gasteiger partial charge in [-0.3, -0.25) is 4.79 Å². The Bertz CT molecular complexity index is 397. The number of likely N-dealkylation sites (N-methyl/N-ethyl adjacent to an activating group) is 1. The number of hydrogen-bond donors (Lipinski definition) is 1. The van der Waals surface area contributed by atoms with E-state index in [0.717, 1.165) is 9.35 Å². The minimum atomic E-state index is -0.463. The summed E-state index contributed by atoms with van der Waals surface area (Å²) < 4.78 is 1.08. The number of nitrogens with two attached hydrogens (primary N) is 1. The van der Waals surface area contributed by atoms with Crippen LogP contribution in [-0.4, -0.2) is 23.9 Å². The summed E-state index contributed by atoms with van der Waals surface area (Å²) in [7, 11) is 1.79. The van der Waals surface area contributed by atoms with Gasteiger partial charge in [0.15, 0.2) is 0 Å². The molecule has 1 atom stereocenters. The summed E-state index contributed by atoms with van der Waals surface area (Å²) in [5, 5.41) is 2.04. The van der Waals surface area contributed by atoms with Crippen LogP contribution in [-0.2, 0) is 11.3 Å². The van der Waals surface area contributed by atoms with Gasteiger partial charge in [-0.2, -0.15) is 0 Å². The van der Waals surface area contributed by atoms with Crippen molar-refractivity contribution in [3.05, 3.63) is 20.8 Å². The van der Waals surface area contributed by atoms with Crippen molar-refractivity contribution in [2.45, 2.75) is 33.4 Å². The van der Waals surface area contributed by atoms with Crippen LogP contribution in [0, 0.1) is 5.41 Å². The van der Waals surface area contributed by atoms with Crippen molar-refractivity contribution in [1.29, 1.82) is 0 Å². The third-order valence-corrected chi connectivity index (χ3v) is 4.17. The Kier molecular flexibility index (Phi) is 4.75. The fraction of sp³-hybridized carbons (Fsp3) is 0.583. The second kappa shape index (κ2) is 5.50. The van der Waals surface area contributed by atoms with Gasteiger partial charge in [0.25, 0.3) is 0 Å². The van der Waals surface area contributed by atoms with Crippen LogP contribution in [0.5, 0.6) is 0 Å². The number of carbonyl (C=O) groups excluding carboxylic acids is 1. The lowest BCUT2D eigenvalue weighted by Crippen LogP contribution is -2.48. The maximum absolute atomic E-state index is 12.1. The topological polar surface area (TPSA) is 46.3 Å². The fourth-order valence-electron chi connectivity index (χ4n) is 1.39. The Morgan fingerprint density at radius 2 is 2.18 bits per heavy atom. The summed E-state index contributed by atoms with van der Waals surface area (Å²) in [6.45, 7) is 6.53. The molecule has 96 valence electrons. The number of nitrogens with zero attached hydrogens (tertiary/aromatic N) is 1. The average molecular weight is 319 g/mol. The molecule has 1 aromatic rings. The summed E-state index contributed by atoms with van der Waals surface area (Å²) in [5.74, 6) is -0.0141. The molecule has 0 radical (unpaired) electrons. The largest absolute Gasteiger partial charge is 0.340 e. The first-order chi connectivity index (χ1) is 7.71. The molecule has 3 nitrogen and oxygen atoms in total. The average Bonchev–Trinajstić information content (AvgIpc) is 2.60. The van der Waals surface area contributed by atoms with E-state index in [2.05, 4.69) is 15.9 Å². The van der Waals surface area contributed by atoms with Crippen LogP contribution in [0.15, 0.2) is 15.2 Å². The number of amides is 1. The first-order valence-corrected chi connectivity index (χ1v) is 7.12. The minimum Gasteiger partial charge on any atom is -0.340 e. The third-order valence-electron chi connectivity index (χ3n) is 2.62. The van der Waals surface area contributed by atoms with E-state index in [-0.39, 0.29) is 11.3 Å². The molecule has 0 spiro atoms. The van der Waals surface area contributed by atoms with Gasteiger partial charge in [0.1, 0.15) is 0 Å². The van der Waals surface area contributed by atoms with E-state index >= 15 is 0 Å². The number of carbonyl (C=O) groups is 1. The van der Waals surface area contributed by atoms with Crippen LogP contribution in [0.4, 0.5) is 0 Å². The molecule has 17 heavy (non-hydrogen) atoms. The first-order valence-electron chi connectivity index (χ1n) is 5.45. The highest BCUT2D eigenvalue weighted by Gasteiger charge is 2.29. The molecule has 0 fully saturated rings. The van der Waals surface area contributed by atoms with E-state index in [1.54, 1.807) is 23.3 Å². The second-order valence-corrected chi connectivity index (χ2v) is 7.59. The van der Waals surface area contributed by atoms with Crippen LogP contribution in [0.3, 0.4) is 0 Å². The van der Waals surface area contributed by atoms with Crippen molar-refractivity contribution in [3.63, 3.8) is 0 Å². The molecule has 2 N–H and O–H groups in total. The van der Waals surface area contributed by atoms with Gasteiger partial charge in [-0.25, -0.2) is 0 Å². The van der Waals surface area contributed by atoms with Crippen molar-refractivity contribution >= 4 is 33.2 Å². The lowest BCUT2D eigenvalue weighted by atomic mass is 9.86. The van der Waals surface area contributed by atoms with Gasteiger partial charge in [0.2, 0.25) is 5.91 Å². The SMILES string of the molecule is CN(Cc1csc(Br)c1)C(=O)[C@@H](N)C(C)(C)C. The maximum Gasteiger partial charge on any atom is 0.240 e. The Hall–Kier alpha value is -0.390. The second-order valence-electron chi connectivity index (χ2n) is 5.30. The van der Waals surface area contributed by atoms with Gasteiger partial charge in [-0.15, -0.1) is 11.3 Å². The Labute approximate surface area is 115 Å². The predicted octanol–water partition coefficient (Wildman–Crippen LogP) is 2.84. The quantitative estimate of drug-likeness (QED) is 0.931. The molecule has 5 heteroatoms. The molecule has 0 bridgehead atoms. The standard InChI is InChI=1S/C12H19BrN2OS/c1-12(2,3)10(14)11(16)15(4)6-8-5-9(13)17-7-8/h5,7,10H,6,14H2,1-4H3/t10-/m1/s1. The molecule has 0 aromatic carbocycles. The van der Waals surface area contributed by atoms with Crippen molar-refractivity contribution in [2.75, 3.05) is 7.05 Å². The van der Waals surface area contributed by atoms with Gasteiger partial charge >= 0.3 is 0 Å². The molecule has 0 saturated heterocycles. The summed E-state index contributed by atoms with van der Waals surface area (Å²) >= 11 is 5.03. The Morgan fingerprint density at radius 1 is 1.59 bits per heavy atom. The smallest absolute Gasteiger partial charge is 0.240 e. The minimum absolute atomic E-state index is 0.0141. The van der Waals surface area contributed by atoms with Gasteiger partial charge < -0.3 is 10.6 Å². The third kappa shape index (κ3) is 4.08. The van der Waals surface area contributed by atoms with Gasteiger partial charge in [0.05, 0.1) is 9.83 Å². The zero-order chi connectivity index (χ0) is 13.2. The number of thiophene rings is 1. The zero-order valence-corrected chi connectivity index (χ0v) is 13.1. The van der Waals surface area contributed by atoms with Crippen LogP contribution < -0.4 is 5.73 Å². The predicted molar refractivity (Wildman–Crippen MR) is 75.9 cm³/mol. The molecule has 1 amide bonds. The van der Waals surface area contributed by atoms with E-state index < -0.39 is 6.04 Å². The van der Waals surface area contributed by atoms with Crippen LogP contribution in [0.2, 0.25) is 0 Å². The molecule has 0 unspecified atom stereocenters. The Balaban J connectivity index is 2.65. The summed E-state index contributed by atoms with van der Waals surface area (Å²) in [6, 6.07) is 1.56. The first kappa shape index (κ1) is 14.7. The number of rotatable bonds is 3. The van der Waals surface area contributed by atoms with E-state index in [1.165, 1.54) is 0 Å². The van der Waals surface area contributed by atoms with Gasteiger partial charge in [-0.1, -0.05) is 20.8 Å². The van der Waals surface area contributed by atoms with Crippen LogP contribution >= 0.6 is 27.3 Å². The monoisotopic (exact) mass is 318 g/mol. The zero-order valence-electron chi connectivity index (χ0n) is 10.7. The van der Waals surface area contributed by atoms with Crippen molar-refractivity contribution in [2.24, 2.45) is 11.1 Å². The van der Waals surface area contributed by atoms with E-state index in [9.17, 15) is 4.79 Å². The molecule has 0 saturated carbocycles. The van der Waals surface area contributed by atoms with Crippen LogP contribution in [0.25, 0.3) is 0 Å². The highest BCUT2D eigenvalue weighted by Crippen LogP contribution is 2.23. The molecule has 0 aliphatic rings. The van der Waals surface area contributed by atoms with Crippen LogP contribution in [0.1, 0.15) is 26.3 Å². The van der Waals surface area contributed by atoms with E-state index in [1.807, 2.05) is 32.2 Å². The molecule has 0 aliphatic heterocycles. The molecule has 1 heterocycles. The molecule has 1 rings (SSSR count). The lowest BCUT2D eigenvalue weighted by molar-refractivity contribution is -0.134. The highest BCUT2D eigenvalue weighted by atomic mass is 79.9. The maximum atomic E-state index is 12.1. The number of halogens is 1. The Morgan fingerprint density at radius 3 is 2.59 bits per heavy atom. The summed E-state index contributed by atoms with van der Waals surface area (Å²) in [6.07, 6.45) is 0. The summed E-state index contributed by atoms with van der Waals surface area (Å²) in [4.78, 5) is 13.8. The normalized spacial score (nSPS) is 13.5. The molecular weight excluding hydrogens is 300 g/mol. The number of hydrogen-bond acceptors (Lipinski definition) is 3. The van der Waals surface area contributed by atoms with Gasteiger partial charge in [0, 0.05) is 13.6 Å².